The molecular formula is C36H50O15. The van der Waals surface area contributed by atoms with E-state index in [1.165, 1.54) is 6.92 Å². The van der Waals surface area contributed by atoms with Gasteiger partial charge in [-0.2, -0.15) is 0 Å². The number of hydrogen-bond acceptors (Lipinski definition) is 12. The third-order valence-corrected chi connectivity index (χ3v) is 9.80. The lowest BCUT2D eigenvalue weighted by atomic mass is 9.74. The summed E-state index contributed by atoms with van der Waals surface area (Å²) in [5, 5.41) is 53.5. The van der Waals surface area contributed by atoms with E-state index in [4.69, 9.17) is 23.7 Å². The van der Waals surface area contributed by atoms with Crippen LogP contribution in [-0.2, 0) is 49.3 Å². The number of carbonyl (C=O) groups excluding carboxylic acids is 2. The van der Waals surface area contributed by atoms with E-state index in [2.05, 4.69) is 20.4 Å². The number of fused-ring (bicyclic) bond motifs is 2. The minimum Gasteiger partial charge on any atom is -0.479 e. The summed E-state index contributed by atoms with van der Waals surface area (Å²) >= 11 is 0. The number of rotatable bonds is 19. The van der Waals surface area contributed by atoms with Gasteiger partial charge in [0, 0.05) is 19.3 Å². The molecule has 0 aromatic heterocycles. The van der Waals surface area contributed by atoms with Gasteiger partial charge in [-0.1, -0.05) is 71.0 Å². The molecule has 2 fully saturated rings. The molecule has 51 heavy (non-hydrogen) atoms. The largest absolute Gasteiger partial charge is 0.508 e. The van der Waals surface area contributed by atoms with Gasteiger partial charge in [-0.25, -0.2) is 19.2 Å². The molecule has 0 radical (unpaired) electrons. The van der Waals surface area contributed by atoms with Gasteiger partial charge >= 0.3 is 30.0 Å². The van der Waals surface area contributed by atoms with Crippen LogP contribution in [0, 0.1) is 17.8 Å². The number of aliphatic hydroxyl groups excluding tert-OH is 1. The van der Waals surface area contributed by atoms with Gasteiger partial charge < -0.3 is 49.2 Å². The fraction of sp³-hybridized carbons (Fsp3) is 0.639. The Morgan fingerprint density at radius 3 is 2.20 bits per heavy atom. The molecule has 3 rings (SSSR count). The van der Waals surface area contributed by atoms with Gasteiger partial charge in [0.1, 0.15) is 12.2 Å². The van der Waals surface area contributed by atoms with Crippen LogP contribution in [0.5, 0.6) is 0 Å². The van der Waals surface area contributed by atoms with Crippen LogP contribution < -0.4 is 0 Å². The van der Waals surface area contributed by atoms with E-state index in [-0.39, 0.29) is 24.5 Å². The van der Waals surface area contributed by atoms with Crippen LogP contribution in [0.15, 0.2) is 42.5 Å². The molecule has 0 amide bonds. The lowest BCUT2D eigenvalue weighted by Crippen LogP contribution is -2.78. The molecule has 15 heteroatoms. The zero-order chi connectivity index (χ0) is 38.3. The van der Waals surface area contributed by atoms with Crippen molar-refractivity contribution in [2.45, 2.75) is 121 Å². The minimum atomic E-state index is -3.93. The molecule has 0 spiro atoms. The van der Waals surface area contributed by atoms with Crippen molar-refractivity contribution in [2.75, 3.05) is 6.61 Å². The first-order valence-electron chi connectivity index (χ1n) is 17.1. The van der Waals surface area contributed by atoms with Crippen LogP contribution in [0.2, 0.25) is 0 Å². The number of benzene rings is 1. The van der Waals surface area contributed by atoms with E-state index in [0.29, 0.717) is 31.1 Å². The molecule has 15 nitrogen and oxygen atoms in total. The highest BCUT2D eigenvalue weighted by Crippen LogP contribution is 2.56. The monoisotopic (exact) mass is 722 g/mol. The summed E-state index contributed by atoms with van der Waals surface area (Å²) in [4.78, 5) is 62.9. The third-order valence-electron chi connectivity index (χ3n) is 9.80. The quantitative estimate of drug-likeness (QED) is 0.0778. The summed E-state index contributed by atoms with van der Waals surface area (Å²) in [6.45, 7) is 13.1. The average Bonchev–Trinajstić information content (AvgIpc) is 3.28. The van der Waals surface area contributed by atoms with E-state index >= 15 is 0 Å². The van der Waals surface area contributed by atoms with Crippen LogP contribution in [0.25, 0.3) is 0 Å². The zero-order valence-electron chi connectivity index (χ0n) is 29.6. The van der Waals surface area contributed by atoms with Gasteiger partial charge in [-0.05, 0) is 55.1 Å². The predicted octanol–water partition coefficient (Wildman–Crippen LogP) is 3.72. The minimum absolute atomic E-state index is 0.172. The Bertz CT molecular complexity index is 1430. The number of carbonyl (C=O) groups is 5. The highest BCUT2D eigenvalue weighted by Gasteiger charge is 2.86. The Hall–Kier alpha value is -4.05. The van der Waals surface area contributed by atoms with E-state index in [1.807, 2.05) is 37.3 Å². The Morgan fingerprint density at radius 2 is 1.65 bits per heavy atom. The number of carboxylic acids is 3. The van der Waals surface area contributed by atoms with Crippen LogP contribution in [0.4, 0.5) is 4.79 Å². The van der Waals surface area contributed by atoms with E-state index in [1.54, 1.807) is 6.92 Å². The first-order valence-corrected chi connectivity index (χ1v) is 17.1. The molecule has 10 atom stereocenters. The highest BCUT2D eigenvalue weighted by molar-refractivity contribution is 5.98. The van der Waals surface area contributed by atoms with E-state index in [0.717, 1.165) is 18.4 Å². The van der Waals surface area contributed by atoms with Crippen molar-refractivity contribution >= 4 is 30.0 Å². The molecule has 5 N–H and O–H groups in total. The summed E-state index contributed by atoms with van der Waals surface area (Å²) < 4.78 is 27.0. The van der Waals surface area contributed by atoms with Crippen molar-refractivity contribution in [3.05, 3.63) is 48.0 Å². The number of carboxylic acid groups (broad SMARTS) is 3. The van der Waals surface area contributed by atoms with Gasteiger partial charge in [-0.3, -0.25) is 4.79 Å². The van der Waals surface area contributed by atoms with Gasteiger partial charge in [-0.15, -0.1) is 0 Å². The number of ether oxygens (including phenoxy) is 5. The molecule has 0 aliphatic carbocycles. The van der Waals surface area contributed by atoms with Crippen molar-refractivity contribution in [1.82, 2.24) is 0 Å². The molecule has 2 aliphatic heterocycles. The molecule has 1 aromatic carbocycles. The zero-order valence-corrected chi connectivity index (χ0v) is 29.6. The molecule has 2 bridgehead atoms. The van der Waals surface area contributed by atoms with Crippen LogP contribution in [0.1, 0.15) is 78.7 Å². The number of esters is 1. The summed E-state index contributed by atoms with van der Waals surface area (Å²) in [6.07, 6.45) is -7.53. The van der Waals surface area contributed by atoms with Gasteiger partial charge in [0.2, 0.25) is 17.5 Å². The number of aliphatic carboxylic acids is 3. The second kappa shape index (κ2) is 17.0. The van der Waals surface area contributed by atoms with Crippen molar-refractivity contribution < 1.29 is 73.2 Å². The number of hydrogen-bond donors (Lipinski definition) is 5. The fourth-order valence-corrected chi connectivity index (χ4v) is 6.99. The molecule has 0 saturated carbocycles. The summed E-state index contributed by atoms with van der Waals surface area (Å²) in [5.74, 6) is -9.61. The SMILES string of the molecule is C=C(CC[C@]12O[C@H](C(=O)O)[C@@](O)(C(=O)O)[C@](C(=O)O)(O1)[C@H](OC(=O)OCCC[C@@H](C)C[C@@H](C)CC)[C@H]2O)[C@@H](OC(C)=O)[C@H](C)Cc1ccccc1. The van der Waals surface area contributed by atoms with Gasteiger partial charge in [0.25, 0.3) is 5.60 Å². The lowest BCUT2D eigenvalue weighted by molar-refractivity contribution is -0.374. The first-order chi connectivity index (χ1) is 23.9. The maximum atomic E-state index is 13.0. The molecule has 2 aliphatic rings. The summed E-state index contributed by atoms with van der Waals surface area (Å²) in [5.41, 5.74) is -6.36. The second-order valence-corrected chi connectivity index (χ2v) is 13.8. The maximum absolute atomic E-state index is 13.0. The normalized spacial score (nSPS) is 29.2. The van der Waals surface area contributed by atoms with Crippen molar-refractivity contribution in [1.29, 1.82) is 0 Å². The van der Waals surface area contributed by atoms with E-state index < -0.39 is 77.9 Å². The maximum Gasteiger partial charge on any atom is 0.508 e. The van der Waals surface area contributed by atoms with Crippen molar-refractivity contribution in [2.24, 2.45) is 17.8 Å². The Kier molecular flexibility index (Phi) is 13.8. The van der Waals surface area contributed by atoms with Crippen LogP contribution in [0.3, 0.4) is 0 Å². The molecule has 2 saturated heterocycles. The smallest absolute Gasteiger partial charge is 0.479 e. The van der Waals surface area contributed by atoms with Gasteiger partial charge in [0.15, 0.2) is 6.10 Å². The van der Waals surface area contributed by atoms with Crippen molar-refractivity contribution in [3.63, 3.8) is 0 Å². The summed E-state index contributed by atoms with van der Waals surface area (Å²) in [7, 11) is 0. The number of aliphatic hydroxyl groups is 2. The highest BCUT2D eigenvalue weighted by atomic mass is 16.8. The Morgan fingerprint density at radius 1 is 1.00 bits per heavy atom. The fourth-order valence-electron chi connectivity index (χ4n) is 6.99. The van der Waals surface area contributed by atoms with Crippen LogP contribution >= 0.6 is 0 Å². The Balaban J connectivity index is 1.92. The topological polar surface area (TPSA) is 233 Å². The Labute approximate surface area is 296 Å². The van der Waals surface area contributed by atoms with Crippen molar-refractivity contribution in [3.8, 4) is 0 Å². The lowest BCUT2D eigenvalue weighted by Gasteiger charge is -2.48. The molecule has 2 heterocycles. The molecule has 0 unspecified atom stereocenters. The summed E-state index contributed by atoms with van der Waals surface area (Å²) in [6, 6.07) is 9.27. The third kappa shape index (κ3) is 8.71. The molecular weight excluding hydrogens is 672 g/mol. The van der Waals surface area contributed by atoms with Crippen LogP contribution in [-0.4, -0.2) is 104 Å². The molecule has 1 aromatic rings. The standard InChI is InChI=1S/C36H50O15/c1-7-20(2)18-21(3)12-11-17-47-33(45)49-28-27(38)34(50-29(30(39)40)35(46,31(41)42)36(28,51-34)32(43)44)16-15-22(4)26(48-24(6)37)23(5)19-25-13-9-8-10-14-25/h8-10,13-14,20-21,23,26-29,38,46H,4,7,11-12,15-19H2,1-3,5-6H3,(H,39,40)(H,41,42)(H,43,44)/t20-,21+,23+,26+,27+,28+,29+,34-,35+,36-/m0/s1. The second-order valence-electron chi connectivity index (χ2n) is 13.8. The van der Waals surface area contributed by atoms with Gasteiger partial charge in [0.05, 0.1) is 6.61 Å². The first kappa shape index (κ1) is 41.4. The average molecular weight is 723 g/mol. The van der Waals surface area contributed by atoms with E-state index in [9.17, 15) is 49.5 Å². The molecule has 284 valence electrons. The predicted molar refractivity (Wildman–Crippen MR) is 177 cm³/mol.